The molecule has 7 heteroatoms. The van der Waals surface area contributed by atoms with Gasteiger partial charge in [-0.1, -0.05) is 29.3 Å². The van der Waals surface area contributed by atoms with Crippen molar-refractivity contribution in [3.8, 4) is 11.4 Å². The fourth-order valence-electron chi connectivity index (χ4n) is 4.47. The average Bonchev–Trinajstić information content (AvgIpc) is 3.25. The number of carbonyl (C=O) groups excluding carboxylic acids is 2. The molecule has 1 aliphatic heterocycles. The van der Waals surface area contributed by atoms with Crippen molar-refractivity contribution >= 4 is 35.2 Å². The summed E-state index contributed by atoms with van der Waals surface area (Å²) in [4.78, 5) is 27.9. The van der Waals surface area contributed by atoms with Gasteiger partial charge in [-0.3, -0.25) is 9.69 Å². The Morgan fingerprint density at radius 1 is 0.943 bits per heavy atom. The van der Waals surface area contributed by atoms with E-state index in [-0.39, 0.29) is 17.1 Å². The van der Waals surface area contributed by atoms with Crippen LogP contribution in [0.2, 0.25) is 5.02 Å². The fraction of sp³-hybridized carbons (Fsp3) is 0.214. The second-order valence-electron chi connectivity index (χ2n) is 8.47. The van der Waals surface area contributed by atoms with E-state index in [0.717, 1.165) is 22.6 Å². The van der Waals surface area contributed by atoms with Crippen molar-refractivity contribution in [1.29, 1.82) is 0 Å². The molecule has 2 heterocycles. The van der Waals surface area contributed by atoms with E-state index in [1.807, 2.05) is 26.8 Å². The number of nitrogens with zero attached hydrogens (tertiary/aromatic N) is 2. The Labute approximate surface area is 210 Å². The molecule has 180 valence electrons. The lowest BCUT2D eigenvalue weighted by molar-refractivity contribution is -0.136. The minimum absolute atomic E-state index is 0.226. The molecule has 0 atom stereocenters. The molecular weight excluding hydrogens is 464 g/mol. The maximum absolute atomic E-state index is 13.7. The third-order valence-electron chi connectivity index (χ3n) is 6.25. The first-order chi connectivity index (χ1) is 16.7. The summed E-state index contributed by atoms with van der Waals surface area (Å²) in [5, 5.41) is 0.365. The largest absolute Gasteiger partial charge is 0.495 e. The molecule has 1 aromatic heterocycles. The molecule has 4 rings (SSSR count). The molecule has 0 N–H and O–H groups in total. The molecule has 0 unspecified atom stereocenters. The number of ether oxygens (including phenoxy) is 2. The first-order valence-electron chi connectivity index (χ1n) is 11.1. The number of methoxy groups -OCH3 is 2. The van der Waals surface area contributed by atoms with Crippen LogP contribution in [0.3, 0.4) is 0 Å². The van der Waals surface area contributed by atoms with Gasteiger partial charge < -0.3 is 14.0 Å². The lowest BCUT2D eigenvalue weighted by Gasteiger charge is -2.19. The van der Waals surface area contributed by atoms with Gasteiger partial charge in [-0.25, -0.2) is 4.79 Å². The Morgan fingerprint density at radius 2 is 1.60 bits per heavy atom. The van der Waals surface area contributed by atoms with Crippen molar-refractivity contribution in [2.45, 2.75) is 27.7 Å². The van der Waals surface area contributed by atoms with E-state index in [9.17, 15) is 9.59 Å². The maximum Gasteiger partial charge on any atom is 0.340 e. The van der Waals surface area contributed by atoms with Crippen LogP contribution in [0.5, 0.6) is 5.75 Å². The molecule has 0 aliphatic carbocycles. The van der Waals surface area contributed by atoms with Gasteiger partial charge in [0.1, 0.15) is 5.75 Å². The summed E-state index contributed by atoms with van der Waals surface area (Å²) in [6.45, 7) is 7.78. The molecule has 3 aromatic rings. The number of halogens is 1. The number of anilines is 1. The van der Waals surface area contributed by atoms with Crippen LogP contribution in [0.25, 0.3) is 11.8 Å². The van der Waals surface area contributed by atoms with Crippen molar-refractivity contribution in [2.24, 2.45) is 0 Å². The molecule has 2 aromatic carbocycles. The van der Waals surface area contributed by atoms with Gasteiger partial charge in [-0.15, -0.1) is 0 Å². The second kappa shape index (κ2) is 9.47. The van der Waals surface area contributed by atoms with E-state index in [2.05, 4.69) is 28.8 Å². The standard InChI is InChI=1S/C28H27ClN2O4/c1-16-7-9-21(10-8-16)30-17(2)13-20(18(30)3)14-23-26(28(33)35-6)19(4)31(27(23)32)22-11-12-25(34-5)24(29)15-22/h7-15H,1-6H3/b23-14-. The lowest BCUT2D eigenvalue weighted by Crippen LogP contribution is -2.24. The highest BCUT2D eigenvalue weighted by atomic mass is 35.5. The summed E-state index contributed by atoms with van der Waals surface area (Å²) in [5.41, 5.74) is 6.53. The summed E-state index contributed by atoms with van der Waals surface area (Å²) in [5.74, 6) is -0.406. The van der Waals surface area contributed by atoms with Crippen LogP contribution in [-0.4, -0.2) is 30.7 Å². The Bertz CT molecular complexity index is 1400. The van der Waals surface area contributed by atoms with Gasteiger partial charge in [0.15, 0.2) is 0 Å². The Balaban J connectivity index is 1.83. The van der Waals surface area contributed by atoms with Crippen molar-refractivity contribution < 1.29 is 19.1 Å². The number of aryl methyl sites for hydroxylation is 2. The van der Waals surface area contributed by atoms with Crippen LogP contribution < -0.4 is 9.64 Å². The molecule has 0 spiro atoms. The van der Waals surface area contributed by atoms with Crippen LogP contribution in [-0.2, 0) is 14.3 Å². The Kier molecular flexibility index (Phi) is 6.59. The summed E-state index contributed by atoms with van der Waals surface area (Å²) >= 11 is 6.32. The predicted octanol–water partition coefficient (Wildman–Crippen LogP) is 5.94. The van der Waals surface area contributed by atoms with E-state index >= 15 is 0 Å². The summed E-state index contributed by atoms with van der Waals surface area (Å²) in [7, 11) is 2.83. The number of hydrogen-bond acceptors (Lipinski definition) is 4. The third-order valence-corrected chi connectivity index (χ3v) is 6.54. The number of aromatic nitrogens is 1. The molecule has 0 saturated heterocycles. The second-order valence-corrected chi connectivity index (χ2v) is 8.87. The SMILES string of the molecule is COC(=O)C1=C(C)N(c2ccc(OC)c(Cl)c2)C(=O)/C1=C\c1cc(C)n(-c2ccc(C)cc2)c1C. The molecule has 1 amide bonds. The highest BCUT2D eigenvalue weighted by Gasteiger charge is 2.38. The molecule has 0 fully saturated rings. The highest BCUT2D eigenvalue weighted by Crippen LogP contribution is 2.38. The number of rotatable bonds is 5. The first kappa shape index (κ1) is 24.4. The summed E-state index contributed by atoms with van der Waals surface area (Å²) in [6, 6.07) is 15.3. The maximum atomic E-state index is 13.7. The molecule has 0 bridgehead atoms. The quantitative estimate of drug-likeness (QED) is 0.328. The molecule has 6 nitrogen and oxygen atoms in total. The van der Waals surface area contributed by atoms with Crippen LogP contribution in [0.4, 0.5) is 5.69 Å². The van der Waals surface area contributed by atoms with E-state index in [1.165, 1.54) is 24.7 Å². The Hall–Kier alpha value is -3.77. The highest BCUT2D eigenvalue weighted by molar-refractivity contribution is 6.32. The normalized spacial score (nSPS) is 14.8. The molecule has 0 saturated carbocycles. The van der Waals surface area contributed by atoms with Crippen molar-refractivity contribution in [2.75, 3.05) is 19.1 Å². The fourth-order valence-corrected chi connectivity index (χ4v) is 4.72. The third kappa shape index (κ3) is 4.26. The monoisotopic (exact) mass is 490 g/mol. The zero-order valence-corrected chi connectivity index (χ0v) is 21.4. The number of allylic oxidation sites excluding steroid dienone is 1. The number of benzene rings is 2. The van der Waals surface area contributed by atoms with Gasteiger partial charge in [0.2, 0.25) is 0 Å². The summed E-state index contributed by atoms with van der Waals surface area (Å²) < 4.78 is 12.4. The minimum Gasteiger partial charge on any atom is -0.495 e. The molecule has 0 radical (unpaired) electrons. The zero-order chi connectivity index (χ0) is 25.4. The van der Waals surface area contributed by atoms with Gasteiger partial charge >= 0.3 is 5.97 Å². The van der Waals surface area contributed by atoms with Gasteiger partial charge in [0, 0.05) is 22.8 Å². The van der Waals surface area contributed by atoms with E-state index in [1.54, 1.807) is 31.2 Å². The molecule has 1 aliphatic rings. The van der Waals surface area contributed by atoms with Crippen LogP contribution in [0.1, 0.15) is 29.4 Å². The minimum atomic E-state index is -0.573. The van der Waals surface area contributed by atoms with Crippen molar-refractivity contribution in [3.63, 3.8) is 0 Å². The van der Waals surface area contributed by atoms with Gasteiger partial charge in [0.25, 0.3) is 5.91 Å². The first-order valence-corrected chi connectivity index (χ1v) is 11.5. The predicted molar refractivity (Wildman–Crippen MR) is 138 cm³/mol. The van der Waals surface area contributed by atoms with E-state index < -0.39 is 5.97 Å². The summed E-state index contributed by atoms with van der Waals surface area (Å²) in [6.07, 6.45) is 1.76. The number of amides is 1. The smallest absolute Gasteiger partial charge is 0.340 e. The topological polar surface area (TPSA) is 60.8 Å². The van der Waals surface area contributed by atoms with Crippen molar-refractivity contribution in [3.05, 3.63) is 92.9 Å². The van der Waals surface area contributed by atoms with Gasteiger partial charge in [0.05, 0.1) is 36.1 Å². The van der Waals surface area contributed by atoms with Crippen LogP contribution in [0.15, 0.2) is 65.4 Å². The average molecular weight is 491 g/mol. The Morgan fingerprint density at radius 3 is 2.20 bits per heavy atom. The number of carbonyl (C=O) groups is 2. The van der Waals surface area contributed by atoms with Gasteiger partial charge in [-0.05, 0) is 75.7 Å². The van der Waals surface area contributed by atoms with E-state index in [4.69, 9.17) is 21.1 Å². The zero-order valence-electron chi connectivity index (χ0n) is 20.6. The molecule has 35 heavy (non-hydrogen) atoms. The molecular formula is C28H27ClN2O4. The number of hydrogen-bond donors (Lipinski definition) is 0. The number of esters is 1. The van der Waals surface area contributed by atoms with E-state index in [0.29, 0.717) is 22.2 Å². The lowest BCUT2D eigenvalue weighted by atomic mass is 10.0. The van der Waals surface area contributed by atoms with Crippen molar-refractivity contribution in [1.82, 2.24) is 4.57 Å². The van der Waals surface area contributed by atoms with Gasteiger partial charge in [-0.2, -0.15) is 0 Å². The van der Waals surface area contributed by atoms with Crippen LogP contribution >= 0.6 is 11.6 Å². The van der Waals surface area contributed by atoms with Crippen LogP contribution in [0, 0.1) is 20.8 Å².